The molecule has 15 heavy (non-hydrogen) atoms. The maximum Gasteiger partial charge on any atom is 0.305 e. The average molecular weight is 214 g/mol. The molecule has 0 aromatic rings. The Labute approximate surface area is 89.7 Å². The Bertz CT molecular complexity index is 265. The third-order valence-corrected chi connectivity index (χ3v) is 2.79. The van der Waals surface area contributed by atoms with Crippen LogP contribution in [0.2, 0.25) is 0 Å². The van der Waals surface area contributed by atoms with Gasteiger partial charge in [-0.2, -0.15) is 0 Å². The molecule has 5 heteroatoms. The van der Waals surface area contributed by atoms with Crippen molar-refractivity contribution in [3.05, 3.63) is 0 Å². The normalized spacial score (nSPS) is 23.6. The number of hydrogen-bond donors (Lipinski definition) is 1. The zero-order valence-electron chi connectivity index (χ0n) is 9.43. The van der Waals surface area contributed by atoms with Crippen molar-refractivity contribution in [2.45, 2.75) is 32.4 Å². The number of likely N-dealkylation sites (N-methyl/N-ethyl adjacent to an activating group) is 1. The molecule has 0 radical (unpaired) electrons. The number of hydrogen-bond acceptors (Lipinski definition) is 3. The summed E-state index contributed by atoms with van der Waals surface area (Å²) in [6, 6.07) is -0.360. The van der Waals surface area contributed by atoms with Crippen LogP contribution in [0.1, 0.15) is 20.3 Å². The summed E-state index contributed by atoms with van der Waals surface area (Å²) in [7, 11) is 1.79. The number of piperazine rings is 1. The van der Waals surface area contributed by atoms with Crippen molar-refractivity contribution in [3.63, 3.8) is 0 Å². The van der Waals surface area contributed by atoms with E-state index in [0.717, 1.165) is 6.54 Å². The number of carbonyl (C=O) groups excluding carboxylic acids is 1. The van der Waals surface area contributed by atoms with Crippen LogP contribution in [-0.2, 0) is 9.59 Å². The first-order chi connectivity index (χ1) is 6.93. The summed E-state index contributed by atoms with van der Waals surface area (Å²) in [4.78, 5) is 26.1. The first kappa shape index (κ1) is 12.0. The second-order valence-corrected chi connectivity index (χ2v) is 4.22. The van der Waals surface area contributed by atoms with Gasteiger partial charge < -0.3 is 10.0 Å². The highest BCUT2D eigenvalue weighted by Gasteiger charge is 2.34. The zero-order valence-corrected chi connectivity index (χ0v) is 9.43. The predicted molar refractivity (Wildman–Crippen MR) is 55.5 cm³/mol. The first-order valence-electron chi connectivity index (χ1n) is 5.16. The standard InChI is InChI=1S/C10H18N2O3/c1-7(2)12-5-4-11(3)8(10(12)15)6-9(13)14/h7-8H,4-6H2,1-3H3,(H,13,14). The molecule has 0 bridgehead atoms. The van der Waals surface area contributed by atoms with Crippen LogP contribution in [0.25, 0.3) is 0 Å². The molecule has 1 saturated heterocycles. The minimum absolute atomic E-state index is 0.0684. The molecule has 1 aliphatic rings. The van der Waals surface area contributed by atoms with Crippen molar-refractivity contribution in [2.24, 2.45) is 0 Å². The van der Waals surface area contributed by atoms with E-state index < -0.39 is 12.0 Å². The van der Waals surface area contributed by atoms with Gasteiger partial charge in [0.05, 0.1) is 12.5 Å². The molecule has 1 N–H and O–H groups in total. The van der Waals surface area contributed by atoms with E-state index in [4.69, 9.17) is 5.11 Å². The molecule has 1 heterocycles. The summed E-state index contributed by atoms with van der Waals surface area (Å²) in [6.45, 7) is 5.31. The Morgan fingerprint density at radius 3 is 2.60 bits per heavy atom. The molecule has 1 unspecified atom stereocenters. The summed E-state index contributed by atoms with van der Waals surface area (Å²) in [5.41, 5.74) is 0. The number of amides is 1. The lowest BCUT2D eigenvalue weighted by molar-refractivity contribution is -0.149. The van der Waals surface area contributed by atoms with Crippen LogP contribution in [0, 0.1) is 0 Å². The molecule has 0 aromatic heterocycles. The molecular weight excluding hydrogens is 196 g/mol. The molecule has 1 atom stereocenters. The predicted octanol–water partition coefficient (Wildman–Crippen LogP) is 0.0121. The van der Waals surface area contributed by atoms with Gasteiger partial charge in [0.25, 0.3) is 0 Å². The monoisotopic (exact) mass is 214 g/mol. The van der Waals surface area contributed by atoms with Crippen LogP contribution in [0.5, 0.6) is 0 Å². The highest BCUT2D eigenvalue weighted by Crippen LogP contribution is 2.15. The molecule has 1 amide bonds. The van der Waals surface area contributed by atoms with E-state index >= 15 is 0 Å². The Morgan fingerprint density at radius 2 is 2.13 bits per heavy atom. The number of carboxylic acids is 1. The van der Waals surface area contributed by atoms with E-state index in [1.165, 1.54) is 0 Å². The molecule has 1 aliphatic heterocycles. The Hall–Kier alpha value is -1.10. The third-order valence-electron chi connectivity index (χ3n) is 2.79. The highest BCUT2D eigenvalue weighted by atomic mass is 16.4. The van der Waals surface area contributed by atoms with Gasteiger partial charge in [-0.15, -0.1) is 0 Å². The van der Waals surface area contributed by atoms with Gasteiger partial charge in [-0.1, -0.05) is 0 Å². The molecular formula is C10H18N2O3. The van der Waals surface area contributed by atoms with E-state index in [0.29, 0.717) is 6.54 Å². The quantitative estimate of drug-likeness (QED) is 0.719. The fraction of sp³-hybridized carbons (Fsp3) is 0.800. The Balaban J connectivity index is 2.74. The van der Waals surface area contributed by atoms with Crippen molar-refractivity contribution < 1.29 is 14.7 Å². The number of carbonyl (C=O) groups is 2. The lowest BCUT2D eigenvalue weighted by Gasteiger charge is -2.40. The summed E-state index contributed by atoms with van der Waals surface area (Å²) >= 11 is 0. The second kappa shape index (κ2) is 4.61. The minimum Gasteiger partial charge on any atom is -0.481 e. The summed E-state index contributed by atoms with van der Waals surface area (Å²) in [5.74, 6) is -0.994. The van der Waals surface area contributed by atoms with E-state index in [9.17, 15) is 9.59 Å². The van der Waals surface area contributed by atoms with Crippen molar-refractivity contribution in [1.82, 2.24) is 9.80 Å². The maximum absolute atomic E-state index is 11.9. The third kappa shape index (κ3) is 2.68. The topological polar surface area (TPSA) is 60.9 Å². The number of carboxylic acid groups (broad SMARTS) is 1. The van der Waals surface area contributed by atoms with E-state index in [1.807, 2.05) is 18.7 Å². The largest absolute Gasteiger partial charge is 0.481 e. The lowest BCUT2D eigenvalue weighted by Crippen LogP contribution is -2.57. The van der Waals surface area contributed by atoms with Crippen molar-refractivity contribution in [1.29, 1.82) is 0 Å². The minimum atomic E-state index is -0.925. The summed E-state index contributed by atoms with van der Waals surface area (Å²) < 4.78 is 0. The van der Waals surface area contributed by atoms with Crippen LogP contribution in [0.4, 0.5) is 0 Å². The van der Waals surface area contributed by atoms with E-state index in [-0.39, 0.29) is 18.4 Å². The van der Waals surface area contributed by atoms with Crippen LogP contribution in [-0.4, -0.2) is 59.0 Å². The van der Waals surface area contributed by atoms with E-state index in [1.54, 1.807) is 11.9 Å². The average Bonchev–Trinajstić information content (AvgIpc) is 2.11. The number of aliphatic carboxylic acids is 1. The molecule has 0 spiro atoms. The smallest absolute Gasteiger partial charge is 0.305 e. The van der Waals surface area contributed by atoms with Gasteiger partial charge in [-0.3, -0.25) is 14.5 Å². The Kier molecular flexibility index (Phi) is 3.68. The van der Waals surface area contributed by atoms with Crippen molar-refractivity contribution in [3.8, 4) is 0 Å². The van der Waals surface area contributed by atoms with Gasteiger partial charge >= 0.3 is 5.97 Å². The molecule has 1 rings (SSSR count). The van der Waals surface area contributed by atoms with Crippen molar-refractivity contribution in [2.75, 3.05) is 20.1 Å². The van der Waals surface area contributed by atoms with Crippen LogP contribution < -0.4 is 0 Å². The summed E-state index contributed by atoms with van der Waals surface area (Å²) in [6.07, 6.45) is -0.113. The molecule has 5 nitrogen and oxygen atoms in total. The molecule has 0 aliphatic carbocycles. The van der Waals surface area contributed by atoms with Crippen LogP contribution in [0.3, 0.4) is 0 Å². The molecule has 0 saturated carbocycles. The SMILES string of the molecule is CC(C)N1CCN(C)C(CC(=O)O)C1=O. The first-order valence-corrected chi connectivity index (χ1v) is 5.16. The van der Waals surface area contributed by atoms with Gasteiger partial charge in [-0.25, -0.2) is 0 Å². The van der Waals surface area contributed by atoms with E-state index in [2.05, 4.69) is 0 Å². The van der Waals surface area contributed by atoms with Gasteiger partial charge in [0.2, 0.25) is 5.91 Å². The van der Waals surface area contributed by atoms with Gasteiger partial charge in [-0.05, 0) is 20.9 Å². The number of nitrogens with zero attached hydrogens (tertiary/aromatic N) is 2. The highest BCUT2D eigenvalue weighted by molar-refractivity contribution is 5.87. The Morgan fingerprint density at radius 1 is 1.53 bits per heavy atom. The number of rotatable bonds is 3. The fourth-order valence-corrected chi connectivity index (χ4v) is 1.83. The molecule has 1 fully saturated rings. The van der Waals surface area contributed by atoms with Crippen LogP contribution in [0.15, 0.2) is 0 Å². The summed E-state index contributed by atoms with van der Waals surface area (Å²) in [5, 5.41) is 8.73. The molecule has 86 valence electrons. The lowest BCUT2D eigenvalue weighted by atomic mass is 10.1. The van der Waals surface area contributed by atoms with Crippen molar-refractivity contribution >= 4 is 11.9 Å². The van der Waals surface area contributed by atoms with Gasteiger partial charge in [0.1, 0.15) is 0 Å². The van der Waals surface area contributed by atoms with Gasteiger partial charge in [0.15, 0.2) is 0 Å². The molecule has 0 aromatic carbocycles. The fourth-order valence-electron chi connectivity index (χ4n) is 1.83. The zero-order chi connectivity index (χ0) is 11.6. The van der Waals surface area contributed by atoms with Crippen LogP contribution >= 0.6 is 0 Å². The maximum atomic E-state index is 11.9. The second-order valence-electron chi connectivity index (χ2n) is 4.22. The van der Waals surface area contributed by atoms with Gasteiger partial charge in [0, 0.05) is 19.1 Å².